The van der Waals surface area contributed by atoms with Gasteiger partial charge < -0.3 is 9.64 Å². The third-order valence-electron chi connectivity index (χ3n) is 4.93. The lowest BCUT2D eigenvalue weighted by molar-refractivity contribution is -0.296. The van der Waals surface area contributed by atoms with Crippen LogP contribution in [0.25, 0.3) is 0 Å². The summed E-state index contributed by atoms with van der Waals surface area (Å²) in [5.41, 5.74) is -2.32. The van der Waals surface area contributed by atoms with Gasteiger partial charge in [-0.05, 0) is 48.7 Å². The van der Waals surface area contributed by atoms with Crippen LogP contribution in [0.15, 0.2) is 42.5 Å². The van der Waals surface area contributed by atoms with Crippen molar-refractivity contribution in [3.63, 3.8) is 0 Å². The van der Waals surface area contributed by atoms with Gasteiger partial charge >= 0.3 is 12.1 Å². The van der Waals surface area contributed by atoms with Gasteiger partial charge in [-0.1, -0.05) is 12.1 Å². The van der Waals surface area contributed by atoms with E-state index in [4.69, 9.17) is 4.74 Å². The third-order valence-corrected chi connectivity index (χ3v) is 4.93. The van der Waals surface area contributed by atoms with Crippen molar-refractivity contribution in [3.8, 4) is 11.5 Å². The van der Waals surface area contributed by atoms with Crippen LogP contribution in [0.3, 0.4) is 0 Å². The van der Waals surface area contributed by atoms with Crippen LogP contribution in [0.2, 0.25) is 0 Å². The zero-order valence-electron chi connectivity index (χ0n) is 15.5. The summed E-state index contributed by atoms with van der Waals surface area (Å²) in [6.07, 6.45) is -6.21. The second kappa shape index (κ2) is 6.96. The van der Waals surface area contributed by atoms with Crippen LogP contribution in [0.4, 0.5) is 26.3 Å². The Bertz CT molecular complexity index is 918. The van der Waals surface area contributed by atoms with Crippen molar-refractivity contribution in [2.45, 2.75) is 30.4 Å². The van der Waals surface area contributed by atoms with Crippen LogP contribution < -0.4 is 4.74 Å². The summed E-state index contributed by atoms with van der Waals surface area (Å²) in [6, 6.07) is 8.27. The molecule has 0 aromatic heterocycles. The molecule has 0 bridgehead atoms. The monoisotopic (exact) mass is 417 g/mol. The van der Waals surface area contributed by atoms with Crippen LogP contribution in [-0.2, 0) is 5.41 Å². The second-order valence-electron chi connectivity index (χ2n) is 7.13. The van der Waals surface area contributed by atoms with Crippen molar-refractivity contribution < 1.29 is 35.9 Å². The highest BCUT2D eigenvalue weighted by Gasteiger charge is 2.75. The minimum Gasteiger partial charge on any atom is -0.454 e. The van der Waals surface area contributed by atoms with E-state index in [-0.39, 0.29) is 35.5 Å². The van der Waals surface area contributed by atoms with Crippen molar-refractivity contribution >= 4 is 5.91 Å². The van der Waals surface area contributed by atoms with Gasteiger partial charge in [0.25, 0.3) is 5.91 Å². The van der Waals surface area contributed by atoms with Gasteiger partial charge in [0.2, 0.25) is 0 Å². The highest BCUT2D eigenvalue weighted by atomic mass is 19.4. The molecule has 3 rings (SSSR count). The van der Waals surface area contributed by atoms with Crippen LogP contribution in [-0.4, -0.2) is 37.0 Å². The van der Waals surface area contributed by atoms with Gasteiger partial charge in [-0.15, -0.1) is 0 Å². The standard InChI is InChI=1S/C20H17F6NO2/c1-27(2)17(28)12-3-8-16(15(21)11-12)29-14-6-4-13(5-7-14)18(9-10-18)19(22,23)20(24,25)26/h3-8,11H,9-10H2,1-2H3. The number of nitrogens with zero attached hydrogens (tertiary/aromatic N) is 1. The summed E-state index contributed by atoms with van der Waals surface area (Å²) in [5.74, 6) is -6.21. The van der Waals surface area contributed by atoms with Gasteiger partial charge in [-0.3, -0.25) is 4.79 Å². The molecule has 0 N–H and O–H groups in total. The average molecular weight is 417 g/mol. The fraction of sp³-hybridized carbons (Fsp3) is 0.350. The lowest BCUT2D eigenvalue weighted by Crippen LogP contribution is -2.47. The maximum absolute atomic E-state index is 14.2. The molecule has 0 radical (unpaired) electrons. The van der Waals surface area contributed by atoms with E-state index in [9.17, 15) is 31.1 Å². The summed E-state index contributed by atoms with van der Waals surface area (Å²) >= 11 is 0. The molecule has 1 saturated carbocycles. The number of hydrogen-bond acceptors (Lipinski definition) is 2. The molecule has 0 atom stereocenters. The zero-order chi connectivity index (χ0) is 21.6. The SMILES string of the molecule is CN(C)C(=O)c1ccc(Oc2ccc(C3(C(F)(F)C(F)(F)F)CC3)cc2)c(F)c1. The molecule has 1 fully saturated rings. The molecular weight excluding hydrogens is 400 g/mol. The number of halogens is 6. The Labute approximate surface area is 162 Å². The molecule has 2 aromatic rings. The first-order valence-electron chi connectivity index (χ1n) is 8.63. The Hall–Kier alpha value is -2.71. The first kappa shape index (κ1) is 21.0. The van der Waals surface area contributed by atoms with Gasteiger partial charge in [0.1, 0.15) is 5.75 Å². The summed E-state index contributed by atoms with van der Waals surface area (Å²) in [6.45, 7) is 0. The minimum absolute atomic E-state index is 0.0606. The number of alkyl halides is 5. The van der Waals surface area contributed by atoms with Crippen molar-refractivity contribution in [2.75, 3.05) is 14.1 Å². The van der Waals surface area contributed by atoms with E-state index in [2.05, 4.69) is 0 Å². The summed E-state index contributed by atoms with van der Waals surface area (Å²) in [7, 11) is 3.03. The van der Waals surface area contributed by atoms with Crippen LogP contribution in [0.1, 0.15) is 28.8 Å². The van der Waals surface area contributed by atoms with Crippen LogP contribution in [0.5, 0.6) is 11.5 Å². The van der Waals surface area contributed by atoms with E-state index in [1.165, 1.54) is 43.3 Å². The van der Waals surface area contributed by atoms with Crippen LogP contribution in [0, 0.1) is 5.82 Å². The van der Waals surface area contributed by atoms with Crippen LogP contribution >= 0.6 is 0 Å². The number of ether oxygens (including phenoxy) is 1. The Balaban J connectivity index is 1.79. The lowest BCUT2D eigenvalue weighted by atomic mass is 9.88. The molecular formula is C20H17F6NO2. The predicted molar refractivity (Wildman–Crippen MR) is 92.8 cm³/mol. The number of carbonyl (C=O) groups is 1. The lowest BCUT2D eigenvalue weighted by Gasteiger charge is -2.29. The molecule has 0 saturated heterocycles. The molecule has 0 aliphatic heterocycles. The Morgan fingerprint density at radius 3 is 2.03 bits per heavy atom. The number of benzene rings is 2. The van der Waals surface area contributed by atoms with Crippen molar-refractivity contribution in [3.05, 3.63) is 59.4 Å². The second-order valence-corrected chi connectivity index (χ2v) is 7.13. The summed E-state index contributed by atoms with van der Waals surface area (Å²) in [5, 5.41) is 0. The molecule has 1 amide bonds. The van der Waals surface area contributed by atoms with E-state index in [1.54, 1.807) is 0 Å². The average Bonchev–Trinajstić information content (AvgIpc) is 3.44. The van der Waals surface area contributed by atoms with Gasteiger partial charge in [-0.25, -0.2) is 4.39 Å². The number of amides is 1. The van der Waals surface area contributed by atoms with Crippen molar-refractivity contribution in [1.82, 2.24) is 4.90 Å². The number of rotatable bonds is 5. The highest BCUT2D eigenvalue weighted by molar-refractivity contribution is 5.94. The number of hydrogen-bond donors (Lipinski definition) is 0. The molecule has 2 aromatic carbocycles. The fourth-order valence-electron chi connectivity index (χ4n) is 3.12. The predicted octanol–water partition coefficient (Wildman–Crippen LogP) is 5.55. The Morgan fingerprint density at radius 1 is 1.00 bits per heavy atom. The van der Waals surface area contributed by atoms with E-state index in [0.29, 0.717) is 0 Å². The molecule has 0 spiro atoms. The van der Waals surface area contributed by atoms with Gasteiger partial charge in [0.05, 0.1) is 5.41 Å². The molecule has 29 heavy (non-hydrogen) atoms. The smallest absolute Gasteiger partial charge is 0.454 e. The molecule has 1 aliphatic carbocycles. The molecule has 3 nitrogen and oxygen atoms in total. The van der Waals surface area contributed by atoms with Gasteiger partial charge in [0, 0.05) is 19.7 Å². The van der Waals surface area contributed by atoms with Crippen molar-refractivity contribution in [2.24, 2.45) is 0 Å². The van der Waals surface area contributed by atoms with E-state index in [1.807, 2.05) is 0 Å². The summed E-state index contributed by atoms with van der Waals surface area (Å²) in [4.78, 5) is 13.1. The molecule has 9 heteroatoms. The van der Waals surface area contributed by atoms with E-state index >= 15 is 0 Å². The quantitative estimate of drug-likeness (QED) is 0.597. The van der Waals surface area contributed by atoms with E-state index < -0.39 is 29.2 Å². The van der Waals surface area contributed by atoms with E-state index in [0.717, 1.165) is 18.2 Å². The fourth-order valence-corrected chi connectivity index (χ4v) is 3.12. The zero-order valence-corrected chi connectivity index (χ0v) is 15.5. The number of carbonyl (C=O) groups excluding carboxylic acids is 1. The first-order valence-corrected chi connectivity index (χ1v) is 8.63. The third kappa shape index (κ3) is 3.65. The maximum Gasteiger partial charge on any atom is 0.454 e. The first-order chi connectivity index (χ1) is 13.4. The Morgan fingerprint density at radius 2 is 1.59 bits per heavy atom. The highest BCUT2D eigenvalue weighted by Crippen LogP contribution is 2.63. The Kier molecular flexibility index (Phi) is 5.04. The van der Waals surface area contributed by atoms with Crippen molar-refractivity contribution in [1.29, 1.82) is 0 Å². The normalized spacial score (nSPS) is 15.7. The summed E-state index contributed by atoms with van der Waals surface area (Å²) < 4.78 is 85.6. The molecule has 0 heterocycles. The minimum atomic E-state index is -5.65. The molecule has 1 aliphatic rings. The van der Waals surface area contributed by atoms with Gasteiger partial charge in [-0.2, -0.15) is 22.0 Å². The largest absolute Gasteiger partial charge is 0.454 e. The molecule has 156 valence electrons. The van der Waals surface area contributed by atoms with Gasteiger partial charge in [0.15, 0.2) is 11.6 Å². The topological polar surface area (TPSA) is 29.5 Å². The molecule has 0 unspecified atom stereocenters. The maximum atomic E-state index is 14.2.